The summed E-state index contributed by atoms with van der Waals surface area (Å²) in [5.74, 6) is 0. The Morgan fingerprint density at radius 2 is 0.976 bits per heavy atom. The number of aromatic nitrogens is 3. The van der Waals surface area contributed by atoms with E-state index in [9.17, 15) is 10.5 Å². The van der Waals surface area contributed by atoms with Gasteiger partial charge in [0.2, 0.25) is 0 Å². The second kappa shape index (κ2) is 9.20. The first-order valence-corrected chi connectivity index (χ1v) is 13.7. The first kappa shape index (κ1) is 23.7. The highest BCUT2D eigenvalue weighted by atomic mass is 15.1. The molecule has 0 aliphatic heterocycles. The van der Waals surface area contributed by atoms with Crippen molar-refractivity contribution in [2.75, 3.05) is 0 Å². The number of fused-ring (bicyclic) bond motifs is 6. The molecule has 0 saturated carbocycles. The molecule has 0 bridgehead atoms. The predicted octanol–water partition coefficient (Wildman–Crippen LogP) is 8.69. The van der Waals surface area contributed by atoms with Gasteiger partial charge in [0.25, 0.3) is 0 Å². The molecule has 0 amide bonds. The minimum absolute atomic E-state index is 0.631. The topological polar surface area (TPSA) is 70.3 Å². The van der Waals surface area contributed by atoms with Crippen LogP contribution in [0.2, 0.25) is 0 Å². The van der Waals surface area contributed by atoms with Gasteiger partial charge in [0.05, 0.1) is 56.7 Å². The van der Waals surface area contributed by atoms with Crippen molar-refractivity contribution in [3.63, 3.8) is 0 Å². The van der Waals surface area contributed by atoms with Gasteiger partial charge < -0.3 is 9.13 Å². The van der Waals surface area contributed by atoms with Crippen LogP contribution in [0.25, 0.3) is 66.1 Å². The first-order chi connectivity index (χ1) is 20.7. The Labute approximate surface area is 241 Å². The lowest BCUT2D eigenvalue weighted by Gasteiger charge is -2.18. The van der Waals surface area contributed by atoms with Crippen LogP contribution in [-0.4, -0.2) is 14.1 Å². The third kappa shape index (κ3) is 3.45. The fraction of sp³-hybridized carbons (Fsp3) is 0. The molecular formula is C37H21N5. The lowest BCUT2D eigenvalue weighted by atomic mass is 10.0. The Hall–Kier alpha value is -6.17. The van der Waals surface area contributed by atoms with Crippen molar-refractivity contribution >= 4 is 43.6 Å². The molecule has 0 aliphatic rings. The summed E-state index contributed by atoms with van der Waals surface area (Å²) < 4.78 is 4.60. The van der Waals surface area contributed by atoms with E-state index in [1.54, 1.807) is 0 Å². The second-order valence-corrected chi connectivity index (χ2v) is 10.3. The van der Waals surface area contributed by atoms with Gasteiger partial charge in [-0.25, -0.2) is 0 Å². The van der Waals surface area contributed by atoms with Gasteiger partial charge in [0.1, 0.15) is 0 Å². The molecule has 0 saturated heterocycles. The third-order valence-electron chi connectivity index (χ3n) is 8.07. The van der Waals surface area contributed by atoms with Crippen LogP contribution in [0.1, 0.15) is 11.1 Å². The molecule has 3 heterocycles. The van der Waals surface area contributed by atoms with Gasteiger partial charge in [-0.05, 0) is 83.9 Å². The quantitative estimate of drug-likeness (QED) is 0.227. The van der Waals surface area contributed by atoms with Gasteiger partial charge in [-0.3, -0.25) is 4.98 Å². The Morgan fingerprint density at radius 3 is 1.55 bits per heavy atom. The molecule has 0 N–H and O–H groups in total. The van der Waals surface area contributed by atoms with Crippen molar-refractivity contribution in [2.24, 2.45) is 0 Å². The van der Waals surface area contributed by atoms with E-state index in [0.29, 0.717) is 11.1 Å². The minimum Gasteiger partial charge on any atom is -0.307 e. The summed E-state index contributed by atoms with van der Waals surface area (Å²) >= 11 is 0. The summed E-state index contributed by atoms with van der Waals surface area (Å²) in [6.07, 6.45) is 3.62. The fourth-order valence-corrected chi connectivity index (χ4v) is 6.22. The zero-order chi connectivity index (χ0) is 28.2. The van der Waals surface area contributed by atoms with Gasteiger partial charge >= 0.3 is 0 Å². The van der Waals surface area contributed by atoms with Gasteiger partial charge in [0, 0.05) is 33.9 Å². The lowest BCUT2D eigenvalue weighted by molar-refractivity contribution is 1.10. The summed E-state index contributed by atoms with van der Waals surface area (Å²) in [6.45, 7) is 0. The molecule has 0 aliphatic carbocycles. The van der Waals surface area contributed by atoms with Crippen LogP contribution in [0, 0.1) is 22.7 Å². The molecule has 194 valence electrons. The van der Waals surface area contributed by atoms with E-state index in [0.717, 1.165) is 66.1 Å². The molecule has 3 aromatic heterocycles. The molecule has 0 atom stereocenters. The zero-order valence-electron chi connectivity index (χ0n) is 22.4. The molecule has 0 fully saturated rings. The Bertz CT molecular complexity index is 2430. The van der Waals surface area contributed by atoms with Crippen molar-refractivity contribution < 1.29 is 0 Å². The van der Waals surface area contributed by atoms with E-state index in [-0.39, 0.29) is 0 Å². The van der Waals surface area contributed by atoms with Crippen LogP contribution in [0.3, 0.4) is 0 Å². The van der Waals surface area contributed by atoms with E-state index in [1.807, 2.05) is 73.1 Å². The van der Waals surface area contributed by atoms with Crippen molar-refractivity contribution in [3.05, 3.63) is 139 Å². The monoisotopic (exact) mass is 535 g/mol. The van der Waals surface area contributed by atoms with Crippen molar-refractivity contribution in [2.45, 2.75) is 0 Å². The van der Waals surface area contributed by atoms with Crippen molar-refractivity contribution in [3.8, 4) is 34.6 Å². The van der Waals surface area contributed by atoms with Crippen LogP contribution in [0.5, 0.6) is 0 Å². The normalized spacial score (nSPS) is 11.3. The number of rotatable bonds is 3. The summed E-state index contributed by atoms with van der Waals surface area (Å²) in [7, 11) is 0. The standard InChI is InChI=1S/C37H21N5/c38-22-24-9-12-34-30(19-24)28-5-1-3-7-32(28)41(34)36-14-11-27(26-15-17-40-18-16-26)21-37(36)42-33-8-4-2-6-29(33)31-20-25(23-39)10-13-35(31)42/h1-21H. The highest BCUT2D eigenvalue weighted by molar-refractivity contribution is 6.12. The lowest BCUT2D eigenvalue weighted by Crippen LogP contribution is -2.04. The molecule has 42 heavy (non-hydrogen) atoms. The number of para-hydroxylation sites is 2. The maximum Gasteiger partial charge on any atom is 0.0991 e. The van der Waals surface area contributed by atoms with E-state index in [1.165, 1.54) is 0 Å². The number of hydrogen-bond acceptors (Lipinski definition) is 3. The smallest absolute Gasteiger partial charge is 0.0991 e. The SMILES string of the molecule is N#Cc1ccc2c(c1)c1ccccc1n2-c1ccc(-c2ccncc2)cc1-n1c2ccccc2c2cc(C#N)ccc21. The maximum atomic E-state index is 9.68. The predicted molar refractivity (Wildman–Crippen MR) is 168 cm³/mol. The molecule has 5 heteroatoms. The fourth-order valence-electron chi connectivity index (χ4n) is 6.22. The second-order valence-electron chi connectivity index (χ2n) is 10.3. The molecule has 5 aromatic carbocycles. The number of hydrogen-bond donors (Lipinski definition) is 0. The van der Waals surface area contributed by atoms with Crippen LogP contribution in [-0.2, 0) is 0 Å². The highest BCUT2D eigenvalue weighted by Gasteiger charge is 2.20. The van der Waals surface area contributed by atoms with Gasteiger partial charge in [-0.2, -0.15) is 10.5 Å². The largest absolute Gasteiger partial charge is 0.307 e. The number of benzene rings is 5. The summed E-state index contributed by atoms with van der Waals surface area (Å²) in [5, 5.41) is 23.6. The van der Waals surface area contributed by atoms with Crippen LogP contribution in [0.4, 0.5) is 0 Å². The average Bonchev–Trinajstić information content (AvgIpc) is 3.57. The van der Waals surface area contributed by atoms with Crippen molar-refractivity contribution in [1.82, 2.24) is 14.1 Å². The Balaban J connectivity index is 1.54. The molecule has 0 spiro atoms. The molecule has 8 rings (SSSR count). The number of nitriles is 2. The van der Waals surface area contributed by atoms with Gasteiger partial charge in [-0.1, -0.05) is 42.5 Å². The first-order valence-electron chi connectivity index (χ1n) is 13.7. The summed E-state index contributed by atoms with van der Waals surface area (Å²) in [6, 6.07) is 43.7. The van der Waals surface area contributed by atoms with Gasteiger partial charge in [0.15, 0.2) is 0 Å². The molecule has 0 unspecified atom stereocenters. The molecule has 5 nitrogen and oxygen atoms in total. The number of pyridine rings is 1. The van der Waals surface area contributed by atoms with Crippen LogP contribution < -0.4 is 0 Å². The third-order valence-corrected chi connectivity index (χ3v) is 8.07. The maximum absolute atomic E-state index is 9.68. The Morgan fingerprint density at radius 1 is 0.452 bits per heavy atom. The highest BCUT2D eigenvalue weighted by Crippen LogP contribution is 2.39. The van der Waals surface area contributed by atoms with Gasteiger partial charge in [-0.15, -0.1) is 0 Å². The van der Waals surface area contributed by atoms with E-state index in [4.69, 9.17) is 0 Å². The summed E-state index contributed by atoms with van der Waals surface area (Å²) in [5.41, 5.74) is 9.60. The minimum atomic E-state index is 0.631. The van der Waals surface area contributed by atoms with Crippen molar-refractivity contribution in [1.29, 1.82) is 10.5 Å². The van der Waals surface area contributed by atoms with Crippen LogP contribution >= 0.6 is 0 Å². The number of nitrogens with zero attached hydrogens (tertiary/aromatic N) is 5. The molecule has 0 radical (unpaired) electrons. The Kier molecular flexibility index (Phi) is 5.19. The zero-order valence-corrected chi connectivity index (χ0v) is 22.4. The van der Waals surface area contributed by atoms with E-state index >= 15 is 0 Å². The average molecular weight is 536 g/mol. The van der Waals surface area contributed by atoms with E-state index < -0.39 is 0 Å². The molecular weight excluding hydrogens is 514 g/mol. The summed E-state index contributed by atoms with van der Waals surface area (Å²) in [4.78, 5) is 4.22. The molecule has 8 aromatic rings. The van der Waals surface area contributed by atoms with E-state index in [2.05, 4.69) is 80.9 Å². The van der Waals surface area contributed by atoms with Crippen LogP contribution in [0.15, 0.2) is 128 Å².